The van der Waals surface area contributed by atoms with Gasteiger partial charge in [-0.1, -0.05) is 19.8 Å². The predicted molar refractivity (Wildman–Crippen MR) is 53.6 cm³/mol. The van der Waals surface area contributed by atoms with E-state index in [1.54, 1.807) is 0 Å². The zero-order valence-electron chi connectivity index (χ0n) is 8.93. The molecule has 0 aliphatic heterocycles. The van der Waals surface area contributed by atoms with Crippen molar-refractivity contribution in [1.82, 2.24) is 5.32 Å². The standard InChI is InChI=1S/C10H21NO2/c1-4-6-7-8-11-9(3)10(12)13-5-2/h9,11H,4-8H2,1-3H3. The number of esters is 1. The van der Waals surface area contributed by atoms with E-state index < -0.39 is 0 Å². The summed E-state index contributed by atoms with van der Waals surface area (Å²) in [6, 6.07) is -0.170. The Morgan fingerprint density at radius 2 is 2.08 bits per heavy atom. The van der Waals surface area contributed by atoms with Crippen LogP contribution < -0.4 is 5.32 Å². The van der Waals surface area contributed by atoms with Crippen LogP contribution in [0.1, 0.15) is 40.0 Å². The molecule has 0 fully saturated rings. The molecule has 0 aliphatic rings. The van der Waals surface area contributed by atoms with Crippen molar-refractivity contribution in [1.29, 1.82) is 0 Å². The SMILES string of the molecule is CCCCCNC(C)C(=O)OCC. The second-order valence-corrected chi connectivity index (χ2v) is 3.13. The van der Waals surface area contributed by atoms with Crippen LogP contribution in [0.25, 0.3) is 0 Å². The normalized spacial score (nSPS) is 12.5. The summed E-state index contributed by atoms with van der Waals surface area (Å²) in [5, 5.41) is 3.13. The van der Waals surface area contributed by atoms with Gasteiger partial charge < -0.3 is 10.1 Å². The number of hydrogen-bond donors (Lipinski definition) is 1. The first-order chi connectivity index (χ1) is 6.22. The van der Waals surface area contributed by atoms with E-state index in [2.05, 4.69) is 12.2 Å². The molecule has 0 amide bonds. The molecule has 0 spiro atoms. The Balaban J connectivity index is 3.38. The van der Waals surface area contributed by atoms with Crippen LogP contribution in [0.3, 0.4) is 0 Å². The van der Waals surface area contributed by atoms with E-state index >= 15 is 0 Å². The van der Waals surface area contributed by atoms with Crippen LogP contribution in [-0.2, 0) is 9.53 Å². The molecular weight excluding hydrogens is 166 g/mol. The summed E-state index contributed by atoms with van der Waals surface area (Å²) in [7, 11) is 0. The minimum atomic E-state index is -0.170. The smallest absolute Gasteiger partial charge is 0.322 e. The maximum absolute atomic E-state index is 11.1. The summed E-state index contributed by atoms with van der Waals surface area (Å²) in [6.07, 6.45) is 3.54. The molecule has 0 aromatic rings. The van der Waals surface area contributed by atoms with Crippen LogP contribution in [0.4, 0.5) is 0 Å². The molecule has 0 saturated carbocycles. The first-order valence-electron chi connectivity index (χ1n) is 5.12. The monoisotopic (exact) mass is 187 g/mol. The molecule has 1 N–H and O–H groups in total. The van der Waals surface area contributed by atoms with Crippen LogP contribution in [0.15, 0.2) is 0 Å². The van der Waals surface area contributed by atoms with E-state index in [9.17, 15) is 4.79 Å². The van der Waals surface area contributed by atoms with Crippen molar-refractivity contribution in [3.05, 3.63) is 0 Å². The van der Waals surface area contributed by atoms with E-state index in [-0.39, 0.29) is 12.0 Å². The van der Waals surface area contributed by atoms with Gasteiger partial charge in [0.05, 0.1) is 6.61 Å². The van der Waals surface area contributed by atoms with Crippen molar-refractivity contribution < 1.29 is 9.53 Å². The van der Waals surface area contributed by atoms with E-state index in [0.29, 0.717) is 6.61 Å². The first kappa shape index (κ1) is 12.4. The van der Waals surface area contributed by atoms with Gasteiger partial charge in [-0.25, -0.2) is 0 Å². The van der Waals surface area contributed by atoms with Gasteiger partial charge in [-0.05, 0) is 26.8 Å². The zero-order valence-corrected chi connectivity index (χ0v) is 8.93. The first-order valence-corrected chi connectivity index (χ1v) is 5.12. The van der Waals surface area contributed by atoms with Crippen LogP contribution in [0.2, 0.25) is 0 Å². The minimum Gasteiger partial charge on any atom is -0.465 e. The Morgan fingerprint density at radius 3 is 2.62 bits per heavy atom. The van der Waals surface area contributed by atoms with Crippen molar-refractivity contribution in [3.63, 3.8) is 0 Å². The lowest BCUT2D eigenvalue weighted by Crippen LogP contribution is -2.35. The van der Waals surface area contributed by atoms with Crippen molar-refractivity contribution in [2.45, 2.75) is 46.1 Å². The molecule has 0 radical (unpaired) electrons. The lowest BCUT2D eigenvalue weighted by Gasteiger charge is -2.11. The fourth-order valence-electron chi connectivity index (χ4n) is 1.04. The maximum Gasteiger partial charge on any atom is 0.322 e. The Labute approximate surface area is 80.8 Å². The minimum absolute atomic E-state index is 0.154. The highest BCUT2D eigenvalue weighted by atomic mass is 16.5. The summed E-state index contributed by atoms with van der Waals surface area (Å²) < 4.78 is 4.86. The van der Waals surface area contributed by atoms with Crippen LogP contribution in [0, 0.1) is 0 Å². The number of carbonyl (C=O) groups is 1. The summed E-state index contributed by atoms with van der Waals surface area (Å²) >= 11 is 0. The Hall–Kier alpha value is -0.570. The molecule has 0 bridgehead atoms. The number of hydrogen-bond acceptors (Lipinski definition) is 3. The van der Waals surface area contributed by atoms with Crippen molar-refractivity contribution in [3.8, 4) is 0 Å². The van der Waals surface area contributed by atoms with Crippen molar-refractivity contribution in [2.75, 3.05) is 13.2 Å². The van der Waals surface area contributed by atoms with Gasteiger partial charge in [0.2, 0.25) is 0 Å². The molecule has 13 heavy (non-hydrogen) atoms. The summed E-state index contributed by atoms with van der Waals surface area (Å²) in [5.41, 5.74) is 0. The number of rotatable bonds is 7. The molecular formula is C10H21NO2. The fourth-order valence-corrected chi connectivity index (χ4v) is 1.04. The topological polar surface area (TPSA) is 38.3 Å². The number of ether oxygens (including phenoxy) is 1. The average Bonchev–Trinajstić information content (AvgIpc) is 2.12. The highest BCUT2D eigenvalue weighted by Gasteiger charge is 2.11. The molecule has 1 unspecified atom stereocenters. The van der Waals surface area contributed by atoms with Gasteiger partial charge in [0.1, 0.15) is 6.04 Å². The van der Waals surface area contributed by atoms with Crippen LogP contribution in [-0.4, -0.2) is 25.2 Å². The Morgan fingerprint density at radius 1 is 1.38 bits per heavy atom. The van der Waals surface area contributed by atoms with Crippen LogP contribution in [0.5, 0.6) is 0 Å². The van der Waals surface area contributed by atoms with Crippen LogP contribution >= 0.6 is 0 Å². The maximum atomic E-state index is 11.1. The van der Waals surface area contributed by atoms with Gasteiger partial charge >= 0.3 is 5.97 Å². The highest BCUT2D eigenvalue weighted by Crippen LogP contribution is 1.93. The molecule has 0 rings (SSSR count). The quantitative estimate of drug-likeness (QED) is 0.487. The summed E-state index contributed by atoms with van der Waals surface area (Å²) in [5.74, 6) is -0.154. The molecule has 0 saturated heterocycles. The lowest BCUT2D eigenvalue weighted by atomic mass is 10.2. The third kappa shape index (κ3) is 6.58. The van der Waals surface area contributed by atoms with E-state index in [0.717, 1.165) is 13.0 Å². The van der Waals surface area contributed by atoms with Gasteiger partial charge in [0.15, 0.2) is 0 Å². The van der Waals surface area contributed by atoms with Gasteiger partial charge in [0.25, 0.3) is 0 Å². The largest absolute Gasteiger partial charge is 0.465 e. The lowest BCUT2D eigenvalue weighted by molar-refractivity contribution is -0.145. The highest BCUT2D eigenvalue weighted by molar-refractivity contribution is 5.75. The number of carbonyl (C=O) groups excluding carboxylic acids is 1. The van der Waals surface area contributed by atoms with Gasteiger partial charge in [-0.2, -0.15) is 0 Å². The third-order valence-electron chi connectivity index (χ3n) is 1.87. The van der Waals surface area contributed by atoms with E-state index in [1.165, 1.54) is 12.8 Å². The van der Waals surface area contributed by atoms with Gasteiger partial charge in [-0.15, -0.1) is 0 Å². The second kappa shape index (κ2) is 8.05. The fraction of sp³-hybridized carbons (Fsp3) is 0.900. The number of unbranched alkanes of at least 4 members (excludes halogenated alkanes) is 2. The van der Waals surface area contributed by atoms with Crippen molar-refractivity contribution in [2.24, 2.45) is 0 Å². The Kier molecular flexibility index (Phi) is 7.69. The molecule has 0 aromatic carbocycles. The van der Waals surface area contributed by atoms with E-state index in [1.807, 2.05) is 13.8 Å². The second-order valence-electron chi connectivity index (χ2n) is 3.13. The molecule has 1 atom stereocenters. The third-order valence-corrected chi connectivity index (χ3v) is 1.87. The molecule has 3 nitrogen and oxygen atoms in total. The number of nitrogens with one attached hydrogen (secondary N) is 1. The van der Waals surface area contributed by atoms with E-state index in [4.69, 9.17) is 4.74 Å². The van der Waals surface area contributed by atoms with Gasteiger partial charge in [0, 0.05) is 0 Å². The van der Waals surface area contributed by atoms with Gasteiger partial charge in [-0.3, -0.25) is 4.79 Å². The Bertz CT molecular complexity index is 137. The molecule has 0 heterocycles. The summed E-state index contributed by atoms with van der Waals surface area (Å²) in [6.45, 7) is 7.17. The average molecular weight is 187 g/mol. The molecule has 78 valence electrons. The molecule has 0 aromatic heterocycles. The zero-order chi connectivity index (χ0) is 10.1. The predicted octanol–water partition coefficient (Wildman–Crippen LogP) is 1.72. The molecule has 3 heteroatoms. The summed E-state index contributed by atoms with van der Waals surface area (Å²) in [4.78, 5) is 11.1. The van der Waals surface area contributed by atoms with Crippen molar-refractivity contribution >= 4 is 5.97 Å². The molecule has 0 aliphatic carbocycles.